The van der Waals surface area contributed by atoms with Crippen LogP contribution in [0, 0.1) is 6.92 Å². The van der Waals surface area contributed by atoms with Crippen molar-refractivity contribution in [2.45, 2.75) is 39.2 Å². The van der Waals surface area contributed by atoms with E-state index < -0.39 is 6.10 Å². The quantitative estimate of drug-likeness (QED) is 0.790. The number of aliphatic hydroxyl groups is 1. The summed E-state index contributed by atoms with van der Waals surface area (Å²) >= 11 is 0. The summed E-state index contributed by atoms with van der Waals surface area (Å²) in [5.41, 5.74) is 1.96. The van der Waals surface area contributed by atoms with E-state index in [-0.39, 0.29) is 12.3 Å². The van der Waals surface area contributed by atoms with Gasteiger partial charge < -0.3 is 15.2 Å². The van der Waals surface area contributed by atoms with E-state index in [1.807, 2.05) is 32.0 Å². The first-order valence-electron chi connectivity index (χ1n) is 6.65. The van der Waals surface area contributed by atoms with E-state index in [2.05, 4.69) is 5.32 Å². The Labute approximate surface area is 114 Å². The Morgan fingerprint density at radius 2 is 2.21 bits per heavy atom. The minimum absolute atomic E-state index is 0.0981. The molecule has 0 aliphatic carbocycles. The largest absolute Gasteiger partial charge is 0.496 e. The summed E-state index contributed by atoms with van der Waals surface area (Å²) < 4.78 is 5.24. The van der Waals surface area contributed by atoms with E-state index in [1.165, 1.54) is 0 Å². The highest BCUT2D eigenvalue weighted by molar-refractivity contribution is 5.79. The smallest absolute Gasteiger partial charge is 0.224 e. The van der Waals surface area contributed by atoms with Gasteiger partial charge in [0.15, 0.2) is 0 Å². The van der Waals surface area contributed by atoms with Gasteiger partial charge in [-0.2, -0.15) is 0 Å². The van der Waals surface area contributed by atoms with Crippen LogP contribution in [0.15, 0.2) is 18.2 Å². The average Bonchev–Trinajstić information content (AvgIpc) is 2.37. The molecule has 0 aromatic heterocycles. The van der Waals surface area contributed by atoms with E-state index >= 15 is 0 Å². The molecule has 0 bridgehead atoms. The zero-order valence-corrected chi connectivity index (χ0v) is 11.9. The summed E-state index contributed by atoms with van der Waals surface area (Å²) in [4.78, 5) is 11.8. The molecule has 19 heavy (non-hydrogen) atoms. The predicted molar refractivity (Wildman–Crippen MR) is 75.4 cm³/mol. The van der Waals surface area contributed by atoms with Gasteiger partial charge in [0.1, 0.15) is 5.75 Å². The Hall–Kier alpha value is -1.55. The highest BCUT2D eigenvalue weighted by atomic mass is 16.5. The fourth-order valence-electron chi connectivity index (χ4n) is 1.95. The normalized spacial score (nSPS) is 12.0. The van der Waals surface area contributed by atoms with Gasteiger partial charge in [-0.05, 0) is 19.4 Å². The minimum atomic E-state index is -0.464. The van der Waals surface area contributed by atoms with Gasteiger partial charge >= 0.3 is 0 Å². The number of aliphatic hydroxyl groups excluding tert-OH is 1. The van der Waals surface area contributed by atoms with Crippen LogP contribution >= 0.6 is 0 Å². The number of amides is 1. The fourth-order valence-corrected chi connectivity index (χ4v) is 1.95. The first kappa shape index (κ1) is 15.5. The maximum absolute atomic E-state index is 11.8. The second kappa shape index (κ2) is 7.79. The number of methoxy groups -OCH3 is 1. The molecular weight excluding hydrogens is 242 g/mol. The highest BCUT2D eigenvalue weighted by Gasteiger charge is 2.10. The number of hydrogen-bond acceptors (Lipinski definition) is 3. The number of carbonyl (C=O) groups is 1. The molecule has 0 saturated heterocycles. The number of aryl methyl sites for hydroxylation is 1. The number of carbonyl (C=O) groups excluding carboxylic acids is 1. The number of rotatable bonds is 7. The van der Waals surface area contributed by atoms with E-state index in [0.717, 1.165) is 23.3 Å². The average molecular weight is 265 g/mol. The Bertz CT molecular complexity index is 418. The molecule has 0 spiro atoms. The first-order chi connectivity index (χ1) is 9.06. The predicted octanol–water partition coefficient (Wildman–Crippen LogP) is 1.82. The van der Waals surface area contributed by atoms with Crippen LogP contribution in [-0.4, -0.2) is 30.8 Å². The molecule has 1 unspecified atom stereocenters. The topological polar surface area (TPSA) is 58.6 Å². The SMILES string of the molecule is CCCC(O)CNC(=O)Cc1cc(C)ccc1OC. The van der Waals surface area contributed by atoms with Crippen molar-refractivity contribution in [3.8, 4) is 5.75 Å². The van der Waals surface area contributed by atoms with Gasteiger partial charge in [-0.1, -0.05) is 31.0 Å². The number of hydrogen-bond donors (Lipinski definition) is 2. The molecule has 0 aliphatic rings. The maximum Gasteiger partial charge on any atom is 0.224 e. The van der Waals surface area contributed by atoms with E-state index in [1.54, 1.807) is 7.11 Å². The standard InChI is InChI=1S/C15H23NO3/c1-4-5-13(17)10-16-15(18)9-12-8-11(2)6-7-14(12)19-3/h6-8,13,17H,4-5,9-10H2,1-3H3,(H,16,18). The van der Waals surface area contributed by atoms with Crippen molar-refractivity contribution < 1.29 is 14.6 Å². The fraction of sp³-hybridized carbons (Fsp3) is 0.533. The van der Waals surface area contributed by atoms with Crippen molar-refractivity contribution in [3.63, 3.8) is 0 Å². The lowest BCUT2D eigenvalue weighted by Gasteiger charge is -2.12. The van der Waals surface area contributed by atoms with Gasteiger partial charge in [0, 0.05) is 12.1 Å². The van der Waals surface area contributed by atoms with Crippen molar-refractivity contribution >= 4 is 5.91 Å². The molecule has 0 fully saturated rings. The second-order valence-corrected chi connectivity index (χ2v) is 4.74. The molecule has 0 heterocycles. The third-order valence-corrected chi connectivity index (χ3v) is 2.94. The van der Waals surface area contributed by atoms with Gasteiger partial charge in [0.25, 0.3) is 0 Å². The van der Waals surface area contributed by atoms with Gasteiger partial charge in [-0.25, -0.2) is 0 Å². The highest BCUT2D eigenvalue weighted by Crippen LogP contribution is 2.20. The van der Waals surface area contributed by atoms with Crippen LogP contribution in [0.1, 0.15) is 30.9 Å². The van der Waals surface area contributed by atoms with E-state index in [0.29, 0.717) is 13.0 Å². The van der Waals surface area contributed by atoms with Crippen molar-refractivity contribution in [1.29, 1.82) is 0 Å². The molecule has 1 aromatic rings. The minimum Gasteiger partial charge on any atom is -0.496 e. The molecule has 1 atom stereocenters. The van der Waals surface area contributed by atoms with Crippen LogP contribution in [0.4, 0.5) is 0 Å². The lowest BCUT2D eigenvalue weighted by molar-refractivity contribution is -0.120. The number of ether oxygens (including phenoxy) is 1. The van der Waals surface area contributed by atoms with Crippen LogP contribution < -0.4 is 10.1 Å². The third kappa shape index (κ3) is 5.30. The zero-order valence-electron chi connectivity index (χ0n) is 11.9. The van der Waals surface area contributed by atoms with Crippen LogP contribution in [0.5, 0.6) is 5.75 Å². The molecule has 1 amide bonds. The lowest BCUT2D eigenvalue weighted by Crippen LogP contribution is -2.33. The molecule has 4 heteroatoms. The lowest BCUT2D eigenvalue weighted by atomic mass is 10.1. The van der Waals surface area contributed by atoms with E-state index in [4.69, 9.17) is 4.74 Å². The zero-order chi connectivity index (χ0) is 14.3. The Morgan fingerprint density at radius 3 is 2.84 bits per heavy atom. The third-order valence-electron chi connectivity index (χ3n) is 2.94. The van der Waals surface area contributed by atoms with Crippen molar-refractivity contribution in [3.05, 3.63) is 29.3 Å². The van der Waals surface area contributed by atoms with Crippen molar-refractivity contribution in [2.24, 2.45) is 0 Å². The Morgan fingerprint density at radius 1 is 1.47 bits per heavy atom. The van der Waals surface area contributed by atoms with Gasteiger partial charge in [0.05, 0.1) is 19.6 Å². The molecule has 0 saturated carbocycles. The van der Waals surface area contributed by atoms with Crippen molar-refractivity contribution in [1.82, 2.24) is 5.32 Å². The maximum atomic E-state index is 11.8. The molecule has 1 rings (SSSR count). The molecule has 0 radical (unpaired) electrons. The number of benzene rings is 1. The van der Waals surface area contributed by atoms with Crippen LogP contribution in [0.25, 0.3) is 0 Å². The van der Waals surface area contributed by atoms with Gasteiger partial charge in [0.2, 0.25) is 5.91 Å². The summed E-state index contributed by atoms with van der Waals surface area (Å²) in [6, 6.07) is 5.76. The summed E-state index contributed by atoms with van der Waals surface area (Å²) in [6.07, 6.45) is 1.41. The second-order valence-electron chi connectivity index (χ2n) is 4.74. The molecular formula is C15H23NO3. The Kier molecular flexibility index (Phi) is 6.36. The van der Waals surface area contributed by atoms with Crippen LogP contribution in [0.3, 0.4) is 0 Å². The molecule has 1 aromatic carbocycles. The molecule has 106 valence electrons. The monoisotopic (exact) mass is 265 g/mol. The summed E-state index contributed by atoms with van der Waals surface area (Å²) in [5.74, 6) is 0.619. The van der Waals surface area contributed by atoms with Crippen LogP contribution in [0.2, 0.25) is 0 Å². The summed E-state index contributed by atoms with van der Waals surface area (Å²) in [5, 5.41) is 12.3. The van der Waals surface area contributed by atoms with Gasteiger partial charge in [-0.3, -0.25) is 4.79 Å². The first-order valence-corrected chi connectivity index (χ1v) is 6.65. The van der Waals surface area contributed by atoms with E-state index in [9.17, 15) is 9.90 Å². The van der Waals surface area contributed by atoms with Crippen LogP contribution in [-0.2, 0) is 11.2 Å². The molecule has 0 aliphatic heterocycles. The summed E-state index contributed by atoms with van der Waals surface area (Å²) in [7, 11) is 1.59. The number of nitrogens with one attached hydrogen (secondary N) is 1. The van der Waals surface area contributed by atoms with Crippen molar-refractivity contribution in [2.75, 3.05) is 13.7 Å². The molecule has 4 nitrogen and oxygen atoms in total. The van der Waals surface area contributed by atoms with Gasteiger partial charge in [-0.15, -0.1) is 0 Å². The summed E-state index contributed by atoms with van der Waals surface area (Å²) in [6.45, 7) is 4.29. The Balaban J connectivity index is 2.54. The molecule has 2 N–H and O–H groups in total.